The largest absolute Gasteiger partial charge is 0.299 e. The zero-order chi connectivity index (χ0) is 19.6. The first kappa shape index (κ1) is 21.0. The molecular formula is C23H34ClFO2. The lowest BCUT2D eigenvalue weighted by Crippen LogP contribution is -2.51. The molecule has 0 aliphatic heterocycles. The first-order chi connectivity index (χ1) is 12.9. The van der Waals surface area contributed by atoms with E-state index in [9.17, 15) is 14.0 Å². The zero-order valence-electron chi connectivity index (χ0n) is 16.8. The summed E-state index contributed by atoms with van der Waals surface area (Å²) in [5.74, 6) is 2.37. The Morgan fingerprint density at radius 1 is 1.15 bits per heavy atom. The highest BCUT2D eigenvalue weighted by atomic mass is 35.5. The molecule has 0 saturated heterocycles. The summed E-state index contributed by atoms with van der Waals surface area (Å²) in [5, 5.41) is 0. The molecule has 4 aliphatic carbocycles. The summed E-state index contributed by atoms with van der Waals surface area (Å²) < 4.78 is 15.0. The van der Waals surface area contributed by atoms with Crippen LogP contribution >= 0.6 is 11.6 Å². The van der Waals surface area contributed by atoms with Crippen molar-refractivity contribution in [3.63, 3.8) is 0 Å². The molecule has 3 fully saturated rings. The molecule has 0 aromatic rings. The second kappa shape index (κ2) is 8.76. The summed E-state index contributed by atoms with van der Waals surface area (Å²) in [6.45, 7) is 4.18. The second-order valence-electron chi connectivity index (χ2n) is 9.21. The maximum atomic E-state index is 15.0. The summed E-state index contributed by atoms with van der Waals surface area (Å²) in [6, 6.07) is 0. The van der Waals surface area contributed by atoms with E-state index in [-0.39, 0.29) is 23.4 Å². The van der Waals surface area contributed by atoms with Crippen LogP contribution in [0.4, 0.5) is 4.39 Å². The van der Waals surface area contributed by atoms with Crippen molar-refractivity contribution in [3.8, 4) is 0 Å². The number of unbranched alkanes of at least 4 members (excludes halogenated alkanes) is 2. The molecule has 0 spiro atoms. The Labute approximate surface area is 168 Å². The van der Waals surface area contributed by atoms with Crippen LogP contribution in [0.15, 0.2) is 11.6 Å². The molecule has 0 bridgehead atoms. The van der Waals surface area contributed by atoms with Gasteiger partial charge in [-0.25, -0.2) is 4.39 Å². The van der Waals surface area contributed by atoms with Gasteiger partial charge in [0.15, 0.2) is 5.78 Å². The molecule has 4 heteroatoms. The third kappa shape index (κ3) is 4.04. The molecular weight excluding hydrogens is 363 g/mol. The van der Waals surface area contributed by atoms with Gasteiger partial charge in [0.25, 0.3) is 0 Å². The fraction of sp³-hybridized carbons (Fsp3) is 0.826. The van der Waals surface area contributed by atoms with Crippen molar-refractivity contribution in [3.05, 3.63) is 11.6 Å². The van der Waals surface area contributed by atoms with Gasteiger partial charge >= 0.3 is 0 Å². The minimum absolute atomic E-state index is 0.0575. The zero-order valence-corrected chi connectivity index (χ0v) is 17.6. The van der Waals surface area contributed by atoms with Gasteiger partial charge in [-0.1, -0.05) is 32.3 Å². The van der Waals surface area contributed by atoms with Crippen molar-refractivity contribution in [2.45, 2.75) is 84.2 Å². The highest BCUT2D eigenvalue weighted by Gasteiger charge is 2.59. The van der Waals surface area contributed by atoms with Crippen LogP contribution in [0.3, 0.4) is 0 Å². The van der Waals surface area contributed by atoms with Gasteiger partial charge in [0.2, 0.25) is 0 Å². The number of carbonyl (C=O) groups is 2. The Morgan fingerprint density at radius 2 is 1.93 bits per heavy atom. The maximum Gasteiger partial charge on any atom is 0.155 e. The summed E-state index contributed by atoms with van der Waals surface area (Å²) >= 11 is 5.38. The van der Waals surface area contributed by atoms with Crippen LogP contribution < -0.4 is 0 Å². The topological polar surface area (TPSA) is 34.1 Å². The van der Waals surface area contributed by atoms with E-state index in [4.69, 9.17) is 11.6 Å². The van der Waals surface area contributed by atoms with Crippen LogP contribution in [-0.2, 0) is 9.59 Å². The number of allylic oxidation sites excluding steroid dienone is 1. The standard InChI is InChI=1S/C18H23FO2.C5H11Cl/c1-18-9-15(19)17-12-5-3-11(20)8-10(12)2-4-13(17)14(18)6-7-16(18)21;1-2-3-4-5-6/h8,12-15,17H,2-7,9H2,1H3;2-5H2,1H3. The minimum atomic E-state index is -0.875. The van der Waals surface area contributed by atoms with Gasteiger partial charge in [0, 0.05) is 24.1 Å². The van der Waals surface area contributed by atoms with E-state index < -0.39 is 11.6 Å². The van der Waals surface area contributed by atoms with Crippen molar-refractivity contribution in [2.24, 2.45) is 29.1 Å². The average molecular weight is 397 g/mol. The lowest BCUT2D eigenvalue weighted by Gasteiger charge is -2.53. The monoisotopic (exact) mass is 396 g/mol. The summed E-state index contributed by atoms with van der Waals surface area (Å²) in [6.07, 6.45) is 9.96. The summed E-state index contributed by atoms with van der Waals surface area (Å²) in [5.41, 5.74) is 0.787. The van der Waals surface area contributed by atoms with E-state index in [1.54, 1.807) is 6.08 Å². The van der Waals surface area contributed by atoms with E-state index in [1.165, 1.54) is 24.8 Å². The van der Waals surface area contributed by atoms with E-state index in [1.807, 2.05) is 6.92 Å². The molecule has 3 saturated carbocycles. The predicted octanol–water partition coefficient (Wildman–Crippen LogP) is 6.06. The van der Waals surface area contributed by atoms with Crippen molar-refractivity contribution < 1.29 is 14.0 Å². The number of rotatable bonds is 3. The fourth-order valence-corrected chi connectivity index (χ4v) is 6.50. The third-order valence-corrected chi connectivity index (χ3v) is 7.95. The van der Waals surface area contributed by atoms with Gasteiger partial charge in [-0.15, -0.1) is 11.6 Å². The van der Waals surface area contributed by atoms with E-state index in [2.05, 4.69) is 6.92 Å². The van der Waals surface area contributed by atoms with Crippen molar-refractivity contribution >= 4 is 23.2 Å². The number of alkyl halides is 2. The Morgan fingerprint density at radius 3 is 2.59 bits per heavy atom. The molecule has 4 aliphatic rings. The molecule has 27 heavy (non-hydrogen) atoms. The lowest BCUT2D eigenvalue weighted by molar-refractivity contribution is -0.135. The van der Waals surface area contributed by atoms with Crippen molar-refractivity contribution in [2.75, 3.05) is 5.88 Å². The molecule has 0 aromatic carbocycles. The van der Waals surface area contributed by atoms with Crippen molar-refractivity contribution in [1.29, 1.82) is 0 Å². The Balaban J connectivity index is 0.000000307. The van der Waals surface area contributed by atoms with Crippen LogP contribution in [0.25, 0.3) is 0 Å². The molecule has 6 unspecified atom stereocenters. The van der Waals surface area contributed by atoms with Gasteiger partial charge in [0.05, 0.1) is 0 Å². The molecule has 6 atom stereocenters. The van der Waals surface area contributed by atoms with Gasteiger partial charge in [-0.05, 0) is 68.3 Å². The summed E-state index contributed by atoms with van der Waals surface area (Å²) in [4.78, 5) is 23.9. The van der Waals surface area contributed by atoms with E-state index in [0.29, 0.717) is 31.1 Å². The SMILES string of the molecule is CC12CC(F)C3C4CCC(=O)C=C4CCC3C1CCC2=O.CCCCCCl. The van der Waals surface area contributed by atoms with Crippen molar-refractivity contribution in [1.82, 2.24) is 0 Å². The van der Waals surface area contributed by atoms with Crippen LogP contribution in [0, 0.1) is 29.1 Å². The normalized spacial score (nSPS) is 40.3. The third-order valence-electron chi connectivity index (χ3n) is 7.68. The van der Waals surface area contributed by atoms with E-state index >= 15 is 0 Å². The Kier molecular flexibility index (Phi) is 6.82. The Bertz CT molecular complexity index is 597. The molecule has 0 radical (unpaired) electrons. The quantitative estimate of drug-likeness (QED) is 0.429. The van der Waals surface area contributed by atoms with E-state index in [0.717, 1.165) is 31.6 Å². The minimum Gasteiger partial charge on any atom is -0.299 e. The van der Waals surface area contributed by atoms with Crippen LogP contribution in [-0.4, -0.2) is 23.6 Å². The average Bonchev–Trinajstić information content (AvgIpc) is 2.94. The number of hydrogen-bond donors (Lipinski definition) is 0. The van der Waals surface area contributed by atoms with Gasteiger partial charge in [0.1, 0.15) is 12.0 Å². The number of hydrogen-bond acceptors (Lipinski definition) is 2. The molecule has 0 N–H and O–H groups in total. The Hall–Kier alpha value is -0.700. The highest BCUT2D eigenvalue weighted by Crippen LogP contribution is 2.61. The van der Waals surface area contributed by atoms with Gasteiger partial charge < -0.3 is 0 Å². The first-order valence-corrected chi connectivity index (χ1v) is 11.4. The molecule has 0 aromatic heterocycles. The van der Waals surface area contributed by atoms with Gasteiger partial charge in [-0.2, -0.15) is 0 Å². The predicted molar refractivity (Wildman–Crippen MR) is 108 cm³/mol. The fourth-order valence-electron chi connectivity index (χ4n) is 6.32. The number of fused-ring (bicyclic) bond motifs is 5. The number of ketones is 2. The maximum absolute atomic E-state index is 15.0. The highest BCUT2D eigenvalue weighted by molar-refractivity contribution is 6.17. The molecule has 152 valence electrons. The second-order valence-corrected chi connectivity index (χ2v) is 9.59. The smallest absolute Gasteiger partial charge is 0.155 e. The molecule has 0 heterocycles. The van der Waals surface area contributed by atoms with Crippen LogP contribution in [0.2, 0.25) is 0 Å². The first-order valence-electron chi connectivity index (χ1n) is 10.9. The lowest BCUT2D eigenvalue weighted by atomic mass is 9.51. The summed E-state index contributed by atoms with van der Waals surface area (Å²) in [7, 11) is 0. The van der Waals surface area contributed by atoms with Crippen LogP contribution in [0.1, 0.15) is 78.1 Å². The molecule has 2 nitrogen and oxygen atoms in total. The number of carbonyl (C=O) groups excluding carboxylic acids is 2. The molecule has 0 amide bonds. The van der Waals surface area contributed by atoms with Crippen LogP contribution in [0.5, 0.6) is 0 Å². The van der Waals surface area contributed by atoms with Gasteiger partial charge in [-0.3, -0.25) is 9.59 Å². The number of halogens is 2. The number of Topliss-reactive ketones (excluding diaryl/α,β-unsaturated/α-hetero) is 1. The molecule has 4 rings (SSSR count).